The van der Waals surface area contributed by atoms with Crippen LogP contribution in [0.3, 0.4) is 0 Å². The molecule has 6 heteroatoms. The highest BCUT2D eigenvalue weighted by atomic mass is 16.5. The van der Waals surface area contributed by atoms with Crippen LogP contribution in [0.25, 0.3) is 0 Å². The standard InChI is InChI=1S/C22H23N3O3/c1-27-19-9-6-16(7-10-19)12-13-23-22(26)21-11-8-18(15-24-21)25-17-4-3-5-20(14-17)28-2/h3-11,14-15,25H,12-13H2,1-2H3,(H,23,26). The number of aromatic nitrogens is 1. The number of methoxy groups -OCH3 is 2. The first-order valence-electron chi connectivity index (χ1n) is 8.96. The van der Waals surface area contributed by atoms with Crippen LogP contribution in [-0.4, -0.2) is 31.7 Å². The van der Waals surface area contributed by atoms with Gasteiger partial charge in [-0.25, -0.2) is 4.98 Å². The largest absolute Gasteiger partial charge is 0.497 e. The van der Waals surface area contributed by atoms with Gasteiger partial charge in [0.1, 0.15) is 17.2 Å². The third-order valence-electron chi connectivity index (χ3n) is 4.21. The molecule has 1 heterocycles. The molecule has 2 N–H and O–H groups in total. The molecule has 0 fully saturated rings. The van der Waals surface area contributed by atoms with Gasteiger partial charge in [0.25, 0.3) is 5.91 Å². The number of benzene rings is 2. The van der Waals surface area contributed by atoms with E-state index in [9.17, 15) is 4.79 Å². The van der Waals surface area contributed by atoms with Gasteiger partial charge in [0.15, 0.2) is 0 Å². The number of pyridine rings is 1. The minimum Gasteiger partial charge on any atom is -0.497 e. The number of amides is 1. The summed E-state index contributed by atoms with van der Waals surface area (Å²) in [6, 6.07) is 18.9. The van der Waals surface area contributed by atoms with E-state index in [1.807, 2.05) is 54.6 Å². The summed E-state index contributed by atoms with van der Waals surface area (Å²) in [4.78, 5) is 16.5. The summed E-state index contributed by atoms with van der Waals surface area (Å²) in [5, 5.41) is 6.12. The van der Waals surface area contributed by atoms with Gasteiger partial charge in [-0.15, -0.1) is 0 Å². The van der Waals surface area contributed by atoms with E-state index >= 15 is 0 Å². The van der Waals surface area contributed by atoms with Crippen LogP contribution in [0.2, 0.25) is 0 Å². The molecule has 28 heavy (non-hydrogen) atoms. The van der Waals surface area contributed by atoms with Crippen molar-refractivity contribution in [1.29, 1.82) is 0 Å². The Labute approximate surface area is 164 Å². The normalized spacial score (nSPS) is 10.2. The van der Waals surface area contributed by atoms with Gasteiger partial charge in [0, 0.05) is 18.3 Å². The summed E-state index contributed by atoms with van der Waals surface area (Å²) >= 11 is 0. The first-order chi connectivity index (χ1) is 13.7. The first kappa shape index (κ1) is 19.2. The number of nitrogens with one attached hydrogen (secondary N) is 2. The molecular formula is C22H23N3O3. The van der Waals surface area contributed by atoms with Gasteiger partial charge in [0.05, 0.1) is 26.1 Å². The zero-order valence-corrected chi connectivity index (χ0v) is 15.9. The Kier molecular flexibility index (Phi) is 6.46. The Morgan fingerprint density at radius 1 is 0.929 bits per heavy atom. The van der Waals surface area contributed by atoms with Crippen molar-refractivity contribution in [2.75, 3.05) is 26.1 Å². The maximum absolute atomic E-state index is 12.3. The molecule has 1 aromatic heterocycles. The molecule has 3 rings (SSSR count). The van der Waals surface area contributed by atoms with Crippen LogP contribution >= 0.6 is 0 Å². The molecule has 0 aliphatic heterocycles. The Bertz CT molecular complexity index is 909. The van der Waals surface area contributed by atoms with Crippen molar-refractivity contribution in [3.05, 3.63) is 78.1 Å². The number of carbonyl (C=O) groups excluding carboxylic acids is 1. The second-order valence-electron chi connectivity index (χ2n) is 6.14. The maximum atomic E-state index is 12.3. The lowest BCUT2D eigenvalue weighted by Crippen LogP contribution is -2.26. The Morgan fingerprint density at radius 2 is 1.71 bits per heavy atom. The van der Waals surface area contributed by atoms with Crippen LogP contribution in [0, 0.1) is 0 Å². The summed E-state index contributed by atoms with van der Waals surface area (Å²) in [5.74, 6) is 1.40. The molecule has 0 unspecified atom stereocenters. The number of hydrogen-bond acceptors (Lipinski definition) is 5. The third kappa shape index (κ3) is 5.23. The lowest BCUT2D eigenvalue weighted by Gasteiger charge is -2.09. The van der Waals surface area contributed by atoms with Gasteiger partial charge in [-0.05, 0) is 48.4 Å². The quantitative estimate of drug-likeness (QED) is 0.624. The molecule has 0 aliphatic rings. The summed E-state index contributed by atoms with van der Waals surface area (Å²) in [5.41, 5.74) is 3.19. The summed E-state index contributed by atoms with van der Waals surface area (Å²) in [6.45, 7) is 0.538. The van der Waals surface area contributed by atoms with Gasteiger partial charge < -0.3 is 20.1 Å². The lowest BCUT2D eigenvalue weighted by molar-refractivity contribution is 0.0949. The van der Waals surface area contributed by atoms with Crippen LogP contribution in [0.5, 0.6) is 11.5 Å². The molecule has 0 saturated heterocycles. The Balaban J connectivity index is 1.51. The van der Waals surface area contributed by atoms with E-state index in [0.717, 1.165) is 34.9 Å². The van der Waals surface area contributed by atoms with Crippen molar-refractivity contribution >= 4 is 17.3 Å². The number of carbonyl (C=O) groups is 1. The fourth-order valence-electron chi connectivity index (χ4n) is 2.67. The molecule has 2 aromatic carbocycles. The van der Waals surface area contributed by atoms with Crippen molar-refractivity contribution in [2.24, 2.45) is 0 Å². The molecule has 0 saturated carbocycles. The zero-order chi connectivity index (χ0) is 19.8. The molecular weight excluding hydrogens is 354 g/mol. The van der Waals surface area contributed by atoms with Gasteiger partial charge in [-0.1, -0.05) is 18.2 Å². The van der Waals surface area contributed by atoms with E-state index in [0.29, 0.717) is 12.2 Å². The van der Waals surface area contributed by atoms with E-state index in [1.165, 1.54) is 0 Å². The monoisotopic (exact) mass is 377 g/mol. The average Bonchev–Trinajstić information content (AvgIpc) is 2.75. The molecule has 3 aromatic rings. The second kappa shape index (κ2) is 9.41. The number of ether oxygens (including phenoxy) is 2. The van der Waals surface area contributed by atoms with Crippen LogP contribution in [0.4, 0.5) is 11.4 Å². The summed E-state index contributed by atoms with van der Waals surface area (Å²) in [7, 11) is 3.27. The Hall–Kier alpha value is -3.54. The van der Waals surface area contributed by atoms with E-state index in [2.05, 4.69) is 15.6 Å². The van der Waals surface area contributed by atoms with Gasteiger partial charge >= 0.3 is 0 Å². The maximum Gasteiger partial charge on any atom is 0.269 e. The first-order valence-corrected chi connectivity index (χ1v) is 8.96. The smallest absolute Gasteiger partial charge is 0.269 e. The molecule has 1 amide bonds. The zero-order valence-electron chi connectivity index (χ0n) is 15.9. The molecule has 0 radical (unpaired) electrons. The van der Waals surface area contributed by atoms with Gasteiger partial charge in [-0.2, -0.15) is 0 Å². The molecule has 0 bridgehead atoms. The highest BCUT2D eigenvalue weighted by molar-refractivity contribution is 5.92. The number of nitrogens with zero attached hydrogens (tertiary/aromatic N) is 1. The van der Waals surface area contributed by atoms with E-state index in [4.69, 9.17) is 9.47 Å². The highest BCUT2D eigenvalue weighted by Gasteiger charge is 2.07. The van der Waals surface area contributed by atoms with Crippen molar-refractivity contribution in [2.45, 2.75) is 6.42 Å². The minimum absolute atomic E-state index is 0.193. The van der Waals surface area contributed by atoms with Crippen molar-refractivity contribution in [1.82, 2.24) is 10.3 Å². The summed E-state index contributed by atoms with van der Waals surface area (Å²) < 4.78 is 10.3. The fraction of sp³-hybridized carbons (Fsp3) is 0.182. The van der Waals surface area contributed by atoms with Crippen molar-refractivity contribution < 1.29 is 14.3 Å². The SMILES string of the molecule is COc1ccc(CCNC(=O)c2ccc(Nc3cccc(OC)c3)cn2)cc1. The van der Waals surface area contributed by atoms with E-state index in [-0.39, 0.29) is 5.91 Å². The third-order valence-corrected chi connectivity index (χ3v) is 4.21. The highest BCUT2D eigenvalue weighted by Crippen LogP contribution is 2.20. The molecule has 0 spiro atoms. The average molecular weight is 377 g/mol. The van der Waals surface area contributed by atoms with Gasteiger partial charge in [0.2, 0.25) is 0 Å². The van der Waals surface area contributed by atoms with Crippen LogP contribution < -0.4 is 20.1 Å². The van der Waals surface area contributed by atoms with E-state index < -0.39 is 0 Å². The number of hydrogen-bond donors (Lipinski definition) is 2. The predicted octanol–water partition coefficient (Wildman–Crippen LogP) is 3.81. The Morgan fingerprint density at radius 3 is 2.39 bits per heavy atom. The predicted molar refractivity (Wildman–Crippen MR) is 110 cm³/mol. The second-order valence-corrected chi connectivity index (χ2v) is 6.14. The van der Waals surface area contributed by atoms with Crippen LogP contribution in [0.15, 0.2) is 66.9 Å². The number of rotatable bonds is 8. The summed E-state index contributed by atoms with van der Waals surface area (Å²) in [6.07, 6.45) is 2.38. The van der Waals surface area contributed by atoms with Crippen LogP contribution in [0.1, 0.15) is 16.1 Å². The van der Waals surface area contributed by atoms with Gasteiger partial charge in [-0.3, -0.25) is 4.79 Å². The van der Waals surface area contributed by atoms with Crippen LogP contribution in [-0.2, 0) is 6.42 Å². The molecule has 144 valence electrons. The van der Waals surface area contributed by atoms with Crippen molar-refractivity contribution in [3.8, 4) is 11.5 Å². The fourth-order valence-corrected chi connectivity index (χ4v) is 2.67. The lowest BCUT2D eigenvalue weighted by atomic mass is 10.1. The minimum atomic E-state index is -0.193. The number of anilines is 2. The molecule has 0 aliphatic carbocycles. The molecule has 0 atom stereocenters. The topological polar surface area (TPSA) is 72.5 Å². The van der Waals surface area contributed by atoms with Crippen molar-refractivity contribution in [3.63, 3.8) is 0 Å². The van der Waals surface area contributed by atoms with E-state index in [1.54, 1.807) is 26.5 Å². The molecule has 6 nitrogen and oxygen atoms in total.